The lowest BCUT2D eigenvalue weighted by atomic mass is 9.87. The van der Waals surface area contributed by atoms with Gasteiger partial charge in [-0.2, -0.15) is 0 Å². The maximum absolute atomic E-state index is 12.1. The van der Waals surface area contributed by atoms with E-state index >= 15 is 0 Å². The van der Waals surface area contributed by atoms with E-state index in [0.717, 1.165) is 5.56 Å². The van der Waals surface area contributed by atoms with Gasteiger partial charge < -0.3 is 15.7 Å². The van der Waals surface area contributed by atoms with Crippen LogP contribution in [0, 0.1) is 5.41 Å². The van der Waals surface area contributed by atoms with Gasteiger partial charge in [0.2, 0.25) is 5.91 Å². The third kappa shape index (κ3) is 6.71. The van der Waals surface area contributed by atoms with Crippen molar-refractivity contribution in [2.75, 3.05) is 19.7 Å². The molecule has 0 fully saturated rings. The highest BCUT2D eigenvalue weighted by molar-refractivity contribution is 5.96. The highest BCUT2D eigenvalue weighted by atomic mass is 16.3. The first-order valence-corrected chi connectivity index (χ1v) is 8.31. The molecule has 0 saturated carbocycles. The summed E-state index contributed by atoms with van der Waals surface area (Å²) in [5.74, 6) is -0.499. The number of hydrogen-bond acceptors (Lipinski definition) is 3. The van der Waals surface area contributed by atoms with Gasteiger partial charge in [-0.05, 0) is 34.9 Å². The number of carbonyl (C=O) groups is 2. The smallest absolute Gasteiger partial charge is 0.251 e. The lowest BCUT2D eigenvalue weighted by Gasteiger charge is -2.23. The first kappa shape index (κ1) is 20.2. The van der Waals surface area contributed by atoms with Gasteiger partial charge in [0, 0.05) is 18.7 Å². The molecular formula is C19H30N2O3. The second-order valence-corrected chi connectivity index (χ2v) is 7.92. The normalized spacial score (nSPS) is 11.9. The lowest BCUT2D eigenvalue weighted by molar-refractivity contribution is -0.120. The van der Waals surface area contributed by atoms with Crippen molar-refractivity contribution >= 4 is 11.8 Å². The summed E-state index contributed by atoms with van der Waals surface area (Å²) in [4.78, 5) is 23.9. The van der Waals surface area contributed by atoms with Crippen LogP contribution in [0.2, 0.25) is 0 Å². The molecule has 0 bridgehead atoms. The SMILES string of the molecule is CC(C)(CCO)CNC(=O)CNC(=O)c1ccc(C(C)(C)C)cc1. The largest absolute Gasteiger partial charge is 0.396 e. The van der Waals surface area contributed by atoms with Crippen LogP contribution in [0.4, 0.5) is 0 Å². The minimum atomic E-state index is -0.264. The van der Waals surface area contributed by atoms with Crippen LogP contribution < -0.4 is 10.6 Å². The van der Waals surface area contributed by atoms with Crippen LogP contribution in [-0.4, -0.2) is 36.6 Å². The Hall–Kier alpha value is -1.88. The first-order chi connectivity index (χ1) is 11.0. The van der Waals surface area contributed by atoms with Crippen LogP contribution >= 0.6 is 0 Å². The molecule has 0 aliphatic carbocycles. The van der Waals surface area contributed by atoms with E-state index in [1.165, 1.54) is 0 Å². The maximum Gasteiger partial charge on any atom is 0.251 e. The van der Waals surface area contributed by atoms with Gasteiger partial charge in [-0.1, -0.05) is 46.8 Å². The molecule has 0 spiro atoms. The monoisotopic (exact) mass is 334 g/mol. The number of aliphatic hydroxyl groups excluding tert-OH is 1. The van der Waals surface area contributed by atoms with Crippen molar-refractivity contribution in [3.63, 3.8) is 0 Å². The Kier molecular flexibility index (Phi) is 6.96. The summed E-state index contributed by atoms with van der Waals surface area (Å²) in [6, 6.07) is 7.43. The van der Waals surface area contributed by atoms with E-state index < -0.39 is 0 Å². The Morgan fingerprint density at radius 3 is 2.08 bits per heavy atom. The van der Waals surface area contributed by atoms with Crippen LogP contribution in [0.15, 0.2) is 24.3 Å². The minimum Gasteiger partial charge on any atom is -0.396 e. The minimum absolute atomic E-state index is 0.0380. The number of benzene rings is 1. The van der Waals surface area contributed by atoms with Crippen molar-refractivity contribution in [2.45, 2.75) is 46.5 Å². The molecule has 2 amide bonds. The Morgan fingerprint density at radius 1 is 1.00 bits per heavy atom. The molecule has 5 nitrogen and oxygen atoms in total. The second kappa shape index (κ2) is 8.29. The average molecular weight is 334 g/mol. The van der Waals surface area contributed by atoms with Crippen molar-refractivity contribution in [1.29, 1.82) is 0 Å². The molecule has 0 aliphatic heterocycles. The highest BCUT2D eigenvalue weighted by Gasteiger charge is 2.18. The average Bonchev–Trinajstić information content (AvgIpc) is 2.50. The summed E-state index contributed by atoms with van der Waals surface area (Å²) < 4.78 is 0. The predicted octanol–water partition coefficient (Wildman–Crippen LogP) is 2.24. The second-order valence-electron chi connectivity index (χ2n) is 7.92. The van der Waals surface area contributed by atoms with Gasteiger partial charge >= 0.3 is 0 Å². The van der Waals surface area contributed by atoms with E-state index in [1.54, 1.807) is 12.1 Å². The number of hydrogen-bond donors (Lipinski definition) is 3. The van der Waals surface area contributed by atoms with Gasteiger partial charge in [0.1, 0.15) is 0 Å². The zero-order valence-corrected chi connectivity index (χ0v) is 15.4. The van der Waals surface area contributed by atoms with Crippen LogP contribution in [-0.2, 0) is 10.2 Å². The van der Waals surface area contributed by atoms with Crippen molar-refractivity contribution in [3.05, 3.63) is 35.4 Å². The molecule has 0 aromatic heterocycles. The fraction of sp³-hybridized carbons (Fsp3) is 0.579. The molecular weight excluding hydrogens is 304 g/mol. The Morgan fingerprint density at radius 2 is 1.58 bits per heavy atom. The van der Waals surface area contributed by atoms with E-state index in [2.05, 4.69) is 31.4 Å². The molecule has 5 heteroatoms. The topological polar surface area (TPSA) is 78.4 Å². The van der Waals surface area contributed by atoms with Gasteiger partial charge in [-0.15, -0.1) is 0 Å². The summed E-state index contributed by atoms with van der Waals surface area (Å²) >= 11 is 0. The number of nitrogens with one attached hydrogen (secondary N) is 2. The van der Waals surface area contributed by atoms with E-state index in [4.69, 9.17) is 5.11 Å². The molecule has 0 radical (unpaired) electrons. The fourth-order valence-electron chi connectivity index (χ4n) is 2.18. The van der Waals surface area contributed by atoms with Gasteiger partial charge in [-0.25, -0.2) is 0 Å². The van der Waals surface area contributed by atoms with Gasteiger partial charge in [-0.3, -0.25) is 9.59 Å². The van der Waals surface area contributed by atoms with Gasteiger partial charge in [0.25, 0.3) is 5.91 Å². The van der Waals surface area contributed by atoms with Crippen LogP contribution in [0.5, 0.6) is 0 Å². The summed E-state index contributed by atoms with van der Waals surface area (Å²) in [5.41, 5.74) is 1.56. The van der Waals surface area contributed by atoms with Gasteiger partial charge in [0.15, 0.2) is 0 Å². The van der Waals surface area contributed by atoms with E-state index in [9.17, 15) is 9.59 Å². The van der Waals surface area contributed by atoms with Crippen molar-refractivity contribution in [2.24, 2.45) is 5.41 Å². The molecule has 0 heterocycles. The quantitative estimate of drug-likeness (QED) is 0.715. The fourth-order valence-corrected chi connectivity index (χ4v) is 2.18. The van der Waals surface area contributed by atoms with Crippen LogP contribution in [0.25, 0.3) is 0 Å². The molecule has 134 valence electrons. The number of amides is 2. The highest BCUT2D eigenvalue weighted by Crippen LogP contribution is 2.22. The molecule has 3 N–H and O–H groups in total. The third-order valence-electron chi connectivity index (χ3n) is 3.98. The maximum atomic E-state index is 12.1. The molecule has 0 unspecified atom stereocenters. The number of rotatable bonds is 7. The molecule has 1 aromatic carbocycles. The summed E-state index contributed by atoms with van der Waals surface area (Å²) in [6.07, 6.45) is 0.611. The number of carbonyl (C=O) groups excluding carboxylic acids is 2. The molecule has 0 saturated heterocycles. The molecule has 24 heavy (non-hydrogen) atoms. The number of aliphatic hydroxyl groups is 1. The zero-order valence-electron chi connectivity index (χ0n) is 15.4. The summed E-state index contributed by atoms with van der Waals surface area (Å²) in [7, 11) is 0. The summed E-state index contributed by atoms with van der Waals surface area (Å²) in [5, 5.41) is 14.4. The zero-order chi connectivity index (χ0) is 18.4. The Labute approximate surface area is 144 Å². The first-order valence-electron chi connectivity index (χ1n) is 8.31. The van der Waals surface area contributed by atoms with Gasteiger partial charge in [0.05, 0.1) is 6.54 Å². The van der Waals surface area contributed by atoms with E-state index in [-0.39, 0.29) is 35.8 Å². The Bertz CT molecular complexity index is 557. The molecule has 1 aromatic rings. The molecule has 1 rings (SSSR count). The molecule has 0 aliphatic rings. The third-order valence-corrected chi connectivity index (χ3v) is 3.98. The van der Waals surface area contributed by atoms with E-state index in [0.29, 0.717) is 18.5 Å². The van der Waals surface area contributed by atoms with Crippen molar-refractivity contribution in [1.82, 2.24) is 10.6 Å². The van der Waals surface area contributed by atoms with Crippen molar-refractivity contribution < 1.29 is 14.7 Å². The lowest BCUT2D eigenvalue weighted by Crippen LogP contribution is -2.41. The van der Waals surface area contributed by atoms with E-state index in [1.807, 2.05) is 26.0 Å². The standard InChI is InChI=1S/C19H30N2O3/c1-18(2,3)15-8-6-14(7-9-15)17(24)20-12-16(23)21-13-19(4,5)10-11-22/h6-9,22H,10-13H2,1-5H3,(H,20,24)(H,21,23). The summed E-state index contributed by atoms with van der Waals surface area (Å²) in [6.45, 7) is 10.8. The Balaban J connectivity index is 2.47. The van der Waals surface area contributed by atoms with Crippen molar-refractivity contribution in [3.8, 4) is 0 Å². The van der Waals surface area contributed by atoms with Crippen LogP contribution in [0.3, 0.4) is 0 Å². The van der Waals surface area contributed by atoms with Crippen LogP contribution in [0.1, 0.15) is 57.0 Å². The predicted molar refractivity (Wildman–Crippen MR) is 96.0 cm³/mol. The molecule has 0 atom stereocenters.